The van der Waals surface area contributed by atoms with Crippen molar-refractivity contribution in [2.24, 2.45) is 0 Å². The van der Waals surface area contributed by atoms with E-state index in [0.29, 0.717) is 6.42 Å². The summed E-state index contributed by atoms with van der Waals surface area (Å²) in [4.78, 5) is 12.2. The molecule has 0 aliphatic heterocycles. The molecule has 236 valence electrons. The highest BCUT2D eigenvalue weighted by molar-refractivity contribution is 5.76. The van der Waals surface area contributed by atoms with Crippen LogP contribution < -0.4 is 5.32 Å². The SMILES string of the molecule is CCC/C=C/CC/C=C/C(O)C(CO)NC(=O)CCCCCCCCCCCCCCCCCCCCCCC. The number of unbranched alkanes of at least 4 members (excludes halogenated alkanes) is 22. The van der Waals surface area contributed by atoms with Gasteiger partial charge >= 0.3 is 0 Å². The van der Waals surface area contributed by atoms with Gasteiger partial charge in [-0.2, -0.15) is 0 Å². The van der Waals surface area contributed by atoms with Crippen molar-refractivity contribution < 1.29 is 15.0 Å². The fourth-order valence-electron chi connectivity index (χ4n) is 5.20. The maximum atomic E-state index is 12.2. The second-order valence-corrected chi connectivity index (χ2v) is 11.9. The fraction of sp³-hybridized carbons (Fsp3) is 0.861. The summed E-state index contributed by atoms with van der Waals surface area (Å²) in [6.07, 6.45) is 40.0. The molecule has 0 heterocycles. The van der Waals surface area contributed by atoms with E-state index in [-0.39, 0.29) is 12.5 Å². The topological polar surface area (TPSA) is 69.6 Å². The van der Waals surface area contributed by atoms with Gasteiger partial charge in [-0.25, -0.2) is 0 Å². The van der Waals surface area contributed by atoms with Crippen molar-refractivity contribution in [3.8, 4) is 0 Å². The summed E-state index contributed by atoms with van der Waals surface area (Å²) in [6.45, 7) is 4.19. The highest BCUT2D eigenvalue weighted by atomic mass is 16.3. The number of aliphatic hydroxyl groups excluding tert-OH is 2. The average Bonchev–Trinajstić information content (AvgIpc) is 2.96. The third kappa shape index (κ3) is 28.4. The van der Waals surface area contributed by atoms with Gasteiger partial charge < -0.3 is 15.5 Å². The third-order valence-corrected chi connectivity index (χ3v) is 7.92. The molecule has 4 nitrogen and oxygen atoms in total. The average molecular weight is 564 g/mol. The van der Waals surface area contributed by atoms with E-state index < -0.39 is 12.1 Å². The fourth-order valence-corrected chi connectivity index (χ4v) is 5.20. The van der Waals surface area contributed by atoms with Gasteiger partial charge in [0.05, 0.1) is 18.8 Å². The molecule has 2 unspecified atom stereocenters. The number of amides is 1. The van der Waals surface area contributed by atoms with Crippen LogP contribution >= 0.6 is 0 Å². The van der Waals surface area contributed by atoms with Gasteiger partial charge in [0.2, 0.25) is 5.91 Å². The monoisotopic (exact) mass is 564 g/mol. The molecule has 0 rings (SSSR count). The van der Waals surface area contributed by atoms with Gasteiger partial charge in [-0.15, -0.1) is 0 Å². The number of allylic oxidation sites excluding steroid dienone is 3. The van der Waals surface area contributed by atoms with Crippen molar-refractivity contribution in [3.05, 3.63) is 24.3 Å². The maximum Gasteiger partial charge on any atom is 0.220 e. The second kappa shape index (κ2) is 32.4. The van der Waals surface area contributed by atoms with Gasteiger partial charge in [0.1, 0.15) is 0 Å². The van der Waals surface area contributed by atoms with Crippen LogP contribution in [-0.4, -0.2) is 34.9 Å². The van der Waals surface area contributed by atoms with E-state index in [0.717, 1.165) is 38.5 Å². The van der Waals surface area contributed by atoms with Gasteiger partial charge in [-0.3, -0.25) is 4.79 Å². The molecule has 2 atom stereocenters. The summed E-state index contributed by atoms with van der Waals surface area (Å²) in [5.74, 6) is -0.0770. The normalized spacial score (nSPS) is 13.4. The van der Waals surface area contributed by atoms with Crippen LogP contribution in [0.4, 0.5) is 0 Å². The quantitative estimate of drug-likeness (QED) is 0.0580. The van der Waals surface area contributed by atoms with E-state index in [2.05, 4.69) is 31.3 Å². The molecule has 0 aromatic heterocycles. The number of carbonyl (C=O) groups is 1. The Kier molecular flexibility index (Phi) is 31.5. The molecule has 0 saturated carbocycles. The molecule has 1 amide bonds. The maximum absolute atomic E-state index is 12.2. The summed E-state index contributed by atoms with van der Waals surface area (Å²) >= 11 is 0. The minimum absolute atomic E-state index is 0.0770. The van der Waals surface area contributed by atoms with Gasteiger partial charge in [0, 0.05) is 6.42 Å². The van der Waals surface area contributed by atoms with E-state index in [4.69, 9.17) is 0 Å². The Balaban J connectivity index is 3.48. The molecule has 0 aromatic carbocycles. The lowest BCUT2D eigenvalue weighted by Crippen LogP contribution is -2.45. The minimum Gasteiger partial charge on any atom is -0.394 e. The summed E-state index contributed by atoms with van der Waals surface area (Å²) in [5, 5.41) is 22.6. The van der Waals surface area contributed by atoms with Crippen LogP contribution in [0.25, 0.3) is 0 Å². The molecule has 0 aliphatic carbocycles. The number of carbonyl (C=O) groups excluding carboxylic acids is 1. The van der Waals surface area contributed by atoms with Gasteiger partial charge in [0.15, 0.2) is 0 Å². The Hall–Kier alpha value is -1.13. The van der Waals surface area contributed by atoms with Crippen LogP contribution in [0, 0.1) is 0 Å². The zero-order chi connectivity index (χ0) is 29.4. The smallest absolute Gasteiger partial charge is 0.220 e. The summed E-state index contributed by atoms with van der Waals surface area (Å²) in [7, 11) is 0. The molecule has 0 radical (unpaired) electrons. The molecule has 0 spiro atoms. The first-order valence-electron chi connectivity index (χ1n) is 17.6. The number of aliphatic hydroxyl groups is 2. The lowest BCUT2D eigenvalue weighted by atomic mass is 10.0. The van der Waals surface area contributed by atoms with E-state index in [1.165, 1.54) is 122 Å². The number of rotatable bonds is 31. The number of nitrogens with one attached hydrogen (secondary N) is 1. The molecular weight excluding hydrogens is 494 g/mol. The number of hydrogen-bond acceptors (Lipinski definition) is 3. The summed E-state index contributed by atoms with van der Waals surface area (Å²) < 4.78 is 0. The molecular formula is C36H69NO3. The van der Waals surface area contributed by atoms with Crippen molar-refractivity contribution in [3.63, 3.8) is 0 Å². The predicted octanol–water partition coefficient (Wildman–Crippen LogP) is 10.1. The first-order chi connectivity index (χ1) is 19.7. The highest BCUT2D eigenvalue weighted by Crippen LogP contribution is 2.15. The molecule has 0 aliphatic rings. The van der Waals surface area contributed by atoms with E-state index >= 15 is 0 Å². The minimum atomic E-state index is -0.853. The highest BCUT2D eigenvalue weighted by Gasteiger charge is 2.17. The molecule has 3 N–H and O–H groups in total. The van der Waals surface area contributed by atoms with Crippen molar-refractivity contribution >= 4 is 5.91 Å². The molecule has 4 heteroatoms. The molecule has 40 heavy (non-hydrogen) atoms. The van der Waals surface area contributed by atoms with Crippen molar-refractivity contribution in [1.29, 1.82) is 0 Å². The predicted molar refractivity (Wildman–Crippen MR) is 175 cm³/mol. The lowest BCUT2D eigenvalue weighted by Gasteiger charge is -2.19. The van der Waals surface area contributed by atoms with Gasteiger partial charge in [0.25, 0.3) is 0 Å². The van der Waals surface area contributed by atoms with Crippen LogP contribution in [0.2, 0.25) is 0 Å². The largest absolute Gasteiger partial charge is 0.394 e. The van der Waals surface area contributed by atoms with E-state index in [1.807, 2.05) is 6.08 Å². The van der Waals surface area contributed by atoms with Crippen LogP contribution in [0.15, 0.2) is 24.3 Å². The van der Waals surface area contributed by atoms with Crippen LogP contribution in [0.1, 0.15) is 181 Å². The molecule has 0 bridgehead atoms. The van der Waals surface area contributed by atoms with Crippen molar-refractivity contribution in [2.45, 2.75) is 193 Å². The zero-order valence-electron chi connectivity index (χ0n) is 26.9. The third-order valence-electron chi connectivity index (χ3n) is 7.92. The van der Waals surface area contributed by atoms with Gasteiger partial charge in [-0.1, -0.05) is 173 Å². The van der Waals surface area contributed by atoms with Crippen molar-refractivity contribution in [2.75, 3.05) is 6.61 Å². The van der Waals surface area contributed by atoms with Crippen LogP contribution in [0.3, 0.4) is 0 Å². The van der Waals surface area contributed by atoms with Gasteiger partial charge in [-0.05, 0) is 25.7 Å². The summed E-state index contributed by atoms with van der Waals surface area (Å²) in [6, 6.07) is -0.630. The number of hydrogen-bond donors (Lipinski definition) is 3. The Morgan fingerprint density at radius 1 is 0.575 bits per heavy atom. The Bertz CT molecular complexity index is 574. The Morgan fingerprint density at radius 3 is 1.40 bits per heavy atom. The molecule has 0 aromatic rings. The van der Waals surface area contributed by atoms with E-state index in [1.54, 1.807) is 6.08 Å². The molecule has 0 saturated heterocycles. The van der Waals surface area contributed by atoms with Crippen LogP contribution in [0.5, 0.6) is 0 Å². The van der Waals surface area contributed by atoms with E-state index in [9.17, 15) is 15.0 Å². The Morgan fingerprint density at radius 2 is 0.975 bits per heavy atom. The van der Waals surface area contributed by atoms with Crippen LogP contribution in [-0.2, 0) is 4.79 Å². The molecule has 0 fully saturated rings. The standard InChI is InChI=1S/C36H69NO3/c1-3-5-7-9-11-12-13-14-15-16-17-18-19-20-21-22-23-24-26-28-30-32-36(40)37-34(33-38)35(39)31-29-27-25-10-8-6-4-2/h8,10,29,31,34-35,38-39H,3-7,9,11-28,30,32-33H2,1-2H3,(H,37,40)/b10-8+,31-29+. The van der Waals surface area contributed by atoms with Crippen molar-refractivity contribution in [1.82, 2.24) is 5.32 Å². The first kappa shape index (κ1) is 38.9. The lowest BCUT2D eigenvalue weighted by molar-refractivity contribution is -0.123. The zero-order valence-corrected chi connectivity index (χ0v) is 26.9. The first-order valence-corrected chi connectivity index (χ1v) is 17.6. The summed E-state index contributed by atoms with van der Waals surface area (Å²) in [5.41, 5.74) is 0. The Labute approximate surface area is 249 Å². The second-order valence-electron chi connectivity index (χ2n) is 11.9.